The molecule has 2 aromatic carbocycles. The first-order valence-corrected chi connectivity index (χ1v) is 9.18. The third-order valence-electron chi connectivity index (χ3n) is 3.65. The standard InChI is InChI=1S/C17H12BrFN2O3S/c18-9-2-3-10(11(19)6-9)16(22)21-17-20-12-7-13-14(8-15(12)25-17)24-5-1-4-23-13/h2-3,6-8H,1,4-5H2,(H,20,21,22). The zero-order valence-corrected chi connectivity index (χ0v) is 15.2. The summed E-state index contributed by atoms with van der Waals surface area (Å²) in [6, 6.07) is 7.93. The Hall–Kier alpha value is -2.19. The number of carbonyl (C=O) groups is 1. The number of anilines is 1. The van der Waals surface area contributed by atoms with Crippen LogP contribution < -0.4 is 14.8 Å². The molecule has 0 saturated carbocycles. The van der Waals surface area contributed by atoms with Crippen molar-refractivity contribution < 1.29 is 18.7 Å². The molecule has 128 valence electrons. The van der Waals surface area contributed by atoms with Crippen LogP contribution in [-0.4, -0.2) is 24.1 Å². The highest BCUT2D eigenvalue weighted by atomic mass is 79.9. The van der Waals surface area contributed by atoms with Gasteiger partial charge in [0.25, 0.3) is 5.91 Å². The highest BCUT2D eigenvalue weighted by Crippen LogP contribution is 2.37. The first-order chi connectivity index (χ1) is 12.1. The average molecular weight is 423 g/mol. The Morgan fingerprint density at radius 2 is 1.96 bits per heavy atom. The summed E-state index contributed by atoms with van der Waals surface area (Å²) in [6.07, 6.45) is 0.829. The van der Waals surface area contributed by atoms with Crippen LogP contribution in [0.3, 0.4) is 0 Å². The highest BCUT2D eigenvalue weighted by molar-refractivity contribution is 9.10. The fraction of sp³-hybridized carbons (Fsp3) is 0.176. The number of amides is 1. The topological polar surface area (TPSA) is 60.5 Å². The van der Waals surface area contributed by atoms with E-state index in [9.17, 15) is 9.18 Å². The van der Waals surface area contributed by atoms with Gasteiger partial charge in [-0.1, -0.05) is 27.3 Å². The van der Waals surface area contributed by atoms with Crippen LogP contribution in [-0.2, 0) is 0 Å². The van der Waals surface area contributed by atoms with Crippen LogP contribution >= 0.6 is 27.3 Å². The summed E-state index contributed by atoms with van der Waals surface area (Å²) in [4.78, 5) is 16.7. The molecule has 0 saturated heterocycles. The Morgan fingerprint density at radius 3 is 2.72 bits per heavy atom. The maximum atomic E-state index is 13.9. The van der Waals surface area contributed by atoms with Gasteiger partial charge < -0.3 is 9.47 Å². The second-order valence-corrected chi connectivity index (χ2v) is 7.36. The third kappa shape index (κ3) is 3.32. The number of nitrogens with one attached hydrogen (secondary N) is 1. The van der Waals surface area contributed by atoms with Crippen LogP contribution in [0.4, 0.5) is 9.52 Å². The fourth-order valence-corrected chi connectivity index (χ4v) is 3.68. The molecule has 8 heteroatoms. The normalized spacial score (nSPS) is 13.5. The number of rotatable bonds is 2. The van der Waals surface area contributed by atoms with Crippen molar-refractivity contribution in [1.82, 2.24) is 4.98 Å². The molecule has 2 heterocycles. The van der Waals surface area contributed by atoms with E-state index >= 15 is 0 Å². The minimum Gasteiger partial charge on any atom is -0.490 e. The quantitative estimate of drug-likeness (QED) is 0.654. The Kier molecular flexibility index (Phi) is 4.30. The van der Waals surface area contributed by atoms with Crippen molar-refractivity contribution in [3.05, 3.63) is 46.2 Å². The van der Waals surface area contributed by atoms with E-state index < -0.39 is 11.7 Å². The number of thiazole rings is 1. The van der Waals surface area contributed by atoms with Gasteiger partial charge in [0.15, 0.2) is 16.6 Å². The summed E-state index contributed by atoms with van der Waals surface area (Å²) in [6.45, 7) is 1.19. The molecule has 25 heavy (non-hydrogen) atoms. The molecule has 1 aliphatic rings. The molecule has 1 aliphatic heterocycles. The molecule has 4 rings (SSSR count). The van der Waals surface area contributed by atoms with E-state index in [2.05, 4.69) is 26.2 Å². The number of aromatic nitrogens is 1. The lowest BCUT2D eigenvalue weighted by Gasteiger charge is -2.05. The lowest BCUT2D eigenvalue weighted by molar-refractivity contribution is 0.102. The zero-order valence-electron chi connectivity index (χ0n) is 12.8. The number of benzene rings is 2. The van der Waals surface area contributed by atoms with Gasteiger partial charge in [0, 0.05) is 23.0 Å². The van der Waals surface area contributed by atoms with Crippen LogP contribution in [0.5, 0.6) is 11.5 Å². The number of halogens is 2. The molecule has 0 atom stereocenters. The summed E-state index contributed by atoms with van der Waals surface area (Å²) in [5, 5.41) is 3.03. The molecule has 0 spiro atoms. The third-order valence-corrected chi connectivity index (χ3v) is 5.08. The smallest absolute Gasteiger partial charge is 0.260 e. The van der Waals surface area contributed by atoms with Crippen molar-refractivity contribution in [3.8, 4) is 11.5 Å². The summed E-state index contributed by atoms with van der Waals surface area (Å²) >= 11 is 4.47. The van der Waals surface area contributed by atoms with E-state index in [0.29, 0.717) is 39.8 Å². The number of hydrogen-bond donors (Lipinski definition) is 1. The highest BCUT2D eigenvalue weighted by Gasteiger charge is 2.17. The van der Waals surface area contributed by atoms with E-state index in [1.54, 1.807) is 12.1 Å². The molecular formula is C17H12BrFN2O3S. The van der Waals surface area contributed by atoms with E-state index in [-0.39, 0.29) is 5.56 Å². The number of carbonyl (C=O) groups excluding carboxylic acids is 1. The predicted octanol–water partition coefficient (Wildman–Crippen LogP) is 4.61. The Morgan fingerprint density at radius 1 is 1.20 bits per heavy atom. The molecule has 0 bridgehead atoms. The summed E-state index contributed by atoms with van der Waals surface area (Å²) < 4.78 is 26.6. The molecule has 1 aromatic heterocycles. The molecule has 1 amide bonds. The fourth-order valence-electron chi connectivity index (χ4n) is 2.48. The monoisotopic (exact) mass is 422 g/mol. The van der Waals surface area contributed by atoms with Gasteiger partial charge in [0.05, 0.1) is 29.0 Å². The number of nitrogens with zero attached hydrogens (tertiary/aromatic N) is 1. The van der Waals surface area contributed by atoms with E-state index in [4.69, 9.17) is 9.47 Å². The SMILES string of the molecule is O=C(Nc1nc2cc3c(cc2s1)OCCCO3)c1ccc(Br)cc1F. The van der Waals surface area contributed by atoms with Gasteiger partial charge in [0.2, 0.25) is 0 Å². The van der Waals surface area contributed by atoms with Gasteiger partial charge in [-0.05, 0) is 18.2 Å². The Balaban J connectivity index is 1.62. The zero-order chi connectivity index (χ0) is 17.4. The van der Waals surface area contributed by atoms with Gasteiger partial charge in [0.1, 0.15) is 5.82 Å². The van der Waals surface area contributed by atoms with E-state index in [1.165, 1.54) is 23.5 Å². The van der Waals surface area contributed by atoms with E-state index in [1.807, 2.05) is 6.07 Å². The van der Waals surface area contributed by atoms with Crippen molar-refractivity contribution >= 4 is 48.5 Å². The lowest BCUT2D eigenvalue weighted by atomic mass is 10.2. The second kappa shape index (κ2) is 6.61. The van der Waals surface area contributed by atoms with Gasteiger partial charge in [-0.15, -0.1) is 0 Å². The molecule has 1 N–H and O–H groups in total. The molecule has 0 unspecified atom stereocenters. The van der Waals surface area contributed by atoms with E-state index in [0.717, 1.165) is 11.1 Å². The number of hydrogen-bond acceptors (Lipinski definition) is 5. The van der Waals surface area contributed by atoms with Crippen LogP contribution in [0, 0.1) is 5.82 Å². The second-order valence-electron chi connectivity index (χ2n) is 5.41. The van der Waals surface area contributed by atoms with Gasteiger partial charge in [-0.3, -0.25) is 10.1 Å². The molecule has 0 fully saturated rings. The first kappa shape index (κ1) is 16.3. The Labute approximate surface area is 154 Å². The number of fused-ring (bicyclic) bond motifs is 2. The minimum atomic E-state index is -0.596. The van der Waals surface area contributed by atoms with Crippen molar-refractivity contribution in [3.63, 3.8) is 0 Å². The van der Waals surface area contributed by atoms with Crippen molar-refractivity contribution in [2.45, 2.75) is 6.42 Å². The van der Waals surface area contributed by atoms with Crippen molar-refractivity contribution in [1.29, 1.82) is 0 Å². The molecule has 0 radical (unpaired) electrons. The maximum absolute atomic E-state index is 13.9. The molecule has 5 nitrogen and oxygen atoms in total. The maximum Gasteiger partial charge on any atom is 0.260 e. The predicted molar refractivity (Wildman–Crippen MR) is 97.3 cm³/mol. The molecule has 0 aliphatic carbocycles. The lowest BCUT2D eigenvalue weighted by Crippen LogP contribution is -2.13. The summed E-state index contributed by atoms with van der Waals surface area (Å²) in [5.41, 5.74) is 0.658. The molecular weight excluding hydrogens is 411 g/mol. The largest absolute Gasteiger partial charge is 0.490 e. The summed E-state index contributed by atoms with van der Waals surface area (Å²) in [5.74, 6) is 0.178. The van der Waals surface area contributed by atoms with Crippen LogP contribution in [0.1, 0.15) is 16.8 Å². The van der Waals surface area contributed by atoms with Crippen LogP contribution in [0.2, 0.25) is 0 Å². The average Bonchev–Trinajstić information content (AvgIpc) is 2.80. The van der Waals surface area contributed by atoms with Gasteiger partial charge in [-0.2, -0.15) is 0 Å². The summed E-state index contributed by atoms with van der Waals surface area (Å²) in [7, 11) is 0. The van der Waals surface area contributed by atoms with Crippen molar-refractivity contribution in [2.24, 2.45) is 0 Å². The van der Waals surface area contributed by atoms with Crippen LogP contribution in [0.15, 0.2) is 34.8 Å². The van der Waals surface area contributed by atoms with Crippen molar-refractivity contribution in [2.75, 3.05) is 18.5 Å². The van der Waals surface area contributed by atoms with Gasteiger partial charge >= 0.3 is 0 Å². The minimum absolute atomic E-state index is 0.0371. The number of ether oxygens (including phenoxy) is 2. The Bertz CT molecular complexity index is 933. The first-order valence-electron chi connectivity index (χ1n) is 7.57. The van der Waals surface area contributed by atoms with Gasteiger partial charge in [-0.25, -0.2) is 9.37 Å². The van der Waals surface area contributed by atoms with Crippen LogP contribution in [0.25, 0.3) is 10.2 Å². The molecule has 3 aromatic rings.